The maximum atomic E-state index is 12.9. The van der Waals surface area contributed by atoms with Crippen LogP contribution >= 0.6 is 0 Å². The van der Waals surface area contributed by atoms with Crippen molar-refractivity contribution < 1.29 is 27.4 Å². The number of amides is 1. The number of sulfonamides is 1. The zero-order valence-electron chi connectivity index (χ0n) is 16.0. The Bertz CT molecular complexity index is 1020. The number of nitrogens with one attached hydrogen (secondary N) is 1. The van der Waals surface area contributed by atoms with Gasteiger partial charge < -0.3 is 19.5 Å². The number of para-hydroxylation sites is 1. The molecule has 0 aliphatic carbocycles. The molecule has 0 saturated carbocycles. The van der Waals surface area contributed by atoms with E-state index in [4.69, 9.17) is 14.2 Å². The van der Waals surface area contributed by atoms with Gasteiger partial charge in [0.05, 0.1) is 24.1 Å². The molecule has 0 saturated heterocycles. The molecule has 1 amide bonds. The number of hydrogen-bond donors (Lipinski definition) is 1. The van der Waals surface area contributed by atoms with Gasteiger partial charge >= 0.3 is 0 Å². The van der Waals surface area contributed by atoms with Crippen LogP contribution in [-0.2, 0) is 14.8 Å². The highest BCUT2D eigenvalue weighted by Gasteiger charge is 2.27. The second-order valence-electron chi connectivity index (χ2n) is 6.86. The van der Waals surface area contributed by atoms with Crippen molar-refractivity contribution in [2.75, 3.05) is 33.4 Å². The summed E-state index contributed by atoms with van der Waals surface area (Å²) in [6.45, 7) is 0.986. The van der Waals surface area contributed by atoms with Crippen LogP contribution in [0.15, 0.2) is 47.4 Å². The minimum Gasteiger partial charge on any atom is -0.493 e. The standard InChI is InChI=1S/C20H22N2O6S/c1-22(29(24,25)14-6-7-18-19(12-14)28-11-10-27-18)13-20(23)21-16-8-9-26-17-5-3-2-4-15(16)17/h2-7,12,16H,8-11,13H2,1H3,(H,21,23)/t16-/m1/s1. The predicted octanol–water partition coefficient (Wildman–Crippen LogP) is 1.72. The fraction of sp³-hybridized carbons (Fsp3) is 0.350. The van der Waals surface area contributed by atoms with Crippen LogP contribution in [-0.4, -0.2) is 52.0 Å². The van der Waals surface area contributed by atoms with Gasteiger partial charge in [0, 0.05) is 25.1 Å². The van der Waals surface area contributed by atoms with Gasteiger partial charge in [-0.05, 0) is 18.2 Å². The molecular formula is C20H22N2O6S. The molecule has 2 aromatic carbocycles. The number of ether oxygens (including phenoxy) is 3. The van der Waals surface area contributed by atoms with Crippen LogP contribution in [0.1, 0.15) is 18.0 Å². The molecule has 4 rings (SSSR count). The number of likely N-dealkylation sites (N-methyl/N-ethyl adjacent to an activating group) is 1. The number of benzene rings is 2. The van der Waals surface area contributed by atoms with Crippen molar-refractivity contribution in [2.45, 2.75) is 17.4 Å². The molecule has 2 heterocycles. The Morgan fingerprint density at radius 3 is 2.59 bits per heavy atom. The minimum atomic E-state index is -3.86. The van der Waals surface area contributed by atoms with Crippen LogP contribution in [0.5, 0.6) is 17.2 Å². The first kappa shape index (κ1) is 19.5. The minimum absolute atomic E-state index is 0.0495. The van der Waals surface area contributed by atoms with E-state index in [9.17, 15) is 13.2 Å². The quantitative estimate of drug-likeness (QED) is 0.795. The van der Waals surface area contributed by atoms with Gasteiger partial charge in [0.2, 0.25) is 15.9 Å². The predicted molar refractivity (Wildman–Crippen MR) is 105 cm³/mol. The summed E-state index contributed by atoms with van der Waals surface area (Å²) >= 11 is 0. The van der Waals surface area contributed by atoms with Gasteiger partial charge in [0.25, 0.3) is 0 Å². The van der Waals surface area contributed by atoms with E-state index in [-0.39, 0.29) is 23.4 Å². The van der Waals surface area contributed by atoms with E-state index in [0.717, 1.165) is 15.6 Å². The Morgan fingerprint density at radius 1 is 1.03 bits per heavy atom. The van der Waals surface area contributed by atoms with Crippen molar-refractivity contribution in [3.8, 4) is 17.2 Å². The largest absolute Gasteiger partial charge is 0.493 e. The van der Waals surface area contributed by atoms with E-state index in [2.05, 4.69) is 5.32 Å². The lowest BCUT2D eigenvalue weighted by Gasteiger charge is -2.27. The van der Waals surface area contributed by atoms with Crippen molar-refractivity contribution in [2.24, 2.45) is 0 Å². The van der Waals surface area contributed by atoms with E-state index in [1.54, 1.807) is 6.07 Å². The molecule has 2 aliphatic heterocycles. The molecule has 0 fully saturated rings. The van der Waals surface area contributed by atoms with Gasteiger partial charge in [-0.2, -0.15) is 4.31 Å². The fourth-order valence-corrected chi connectivity index (χ4v) is 4.53. The highest BCUT2D eigenvalue weighted by atomic mass is 32.2. The monoisotopic (exact) mass is 418 g/mol. The number of nitrogens with zero attached hydrogens (tertiary/aromatic N) is 1. The van der Waals surface area contributed by atoms with Crippen molar-refractivity contribution in [3.05, 3.63) is 48.0 Å². The molecule has 1 atom stereocenters. The second-order valence-corrected chi connectivity index (χ2v) is 8.91. The molecule has 0 spiro atoms. The van der Waals surface area contributed by atoms with Gasteiger partial charge in [-0.25, -0.2) is 8.42 Å². The highest BCUT2D eigenvalue weighted by molar-refractivity contribution is 7.89. The number of hydrogen-bond acceptors (Lipinski definition) is 6. The second kappa shape index (κ2) is 7.92. The Morgan fingerprint density at radius 2 is 1.76 bits per heavy atom. The molecule has 2 aliphatic rings. The average Bonchev–Trinajstić information content (AvgIpc) is 2.73. The van der Waals surface area contributed by atoms with Crippen LogP contribution in [0, 0.1) is 0 Å². The summed E-state index contributed by atoms with van der Waals surface area (Å²) < 4.78 is 43.2. The molecule has 29 heavy (non-hydrogen) atoms. The molecular weight excluding hydrogens is 396 g/mol. The topological polar surface area (TPSA) is 94.2 Å². The van der Waals surface area contributed by atoms with E-state index >= 15 is 0 Å². The van der Waals surface area contributed by atoms with Crippen molar-refractivity contribution >= 4 is 15.9 Å². The average molecular weight is 418 g/mol. The lowest BCUT2D eigenvalue weighted by molar-refractivity contribution is -0.122. The first-order valence-electron chi connectivity index (χ1n) is 9.32. The first-order chi connectivity index (χ1) is 13.9. The molecule has 9 heteroatoms. The molecule has 0 radical (unpaired) electrons. The van der Waals surface area contributed by atoms with Crippen LogP contribution in [0.2, 0.25) is 0 Å². The van der Waals surface area contributed by atoms with Gasteiger partial charge in [-0.1, -0.05) is 18.2 Å². The van der Waals surface area contributed by atoms with Gasteiger partial charge in [0.1, 0.15) is 19.0 Å². The summed E-state index contributed by atoms with van der Waals surface area (Å²) in [6, 6.07) is 11.7. The van der Waals surface area contributed by atoms with E-state index in [1.165, 1.54) is 19.2 Å². The SMILES string of the molecule is CN(CC(=O)N[C@@H]1CCOc2ccccc21)S(=O)(=O)c1ccc2c(c1)OCCO2. The summed E-state index contributed by atoms with van der Waals surface area (Å²) in [5, 5.41) is 2.91. The maximum absolute atomic E-state index is 12.9. The summed E-state index contributed by atoms with van der Waals surface area (Å²) in [6.07, 6.45) is 0.626. The van der Waals surface area contributed by atoms with E-state index < -0.39 is 10.0 Å². The lowest BCUT2D eigenvalue weighted by Crippen LogP contribution is -2.40. The summed E-state index contributed by atoms with van der Waals surface area (Å²) in [7, 11) is -2.48. The molecule has 0 aromatic heterocycles. The summed E-state index contributed by atoms with van der Waals surface area (Å²) in [5.74, 6) is 1.25. The number of fused-ring (bicyclic) bond motifs is 2. The Kier molecular flexibility index (Phi) is 5.33. The molecule has 1 N–H and O–H groups in total. The van der Waals surface area contributed by atoms with Crippen molar-refractivity contribution in [1.29, 1.82) is 0 Å². The fourth-order valence-electron chi connectivity index (χ4n) is 3.38. The Balaban J connectivity index is 1.45. The third kappa shape index (κ3) is 4.01. The number of rotatable bonds is 5. The molecule has 8 nitrogen and oxygen atoms in total. The van der Waals surface area contributed by atoms with Crippen LogP contribution in [0.25, 0.3) is 0 Å². The third-order valence-electron chi connectivity index (χ3n) is 4.88. The summed E-state index contributed by atoms with van der Waals surface area (Å²) in [5.41, 5.74) is 0.893. The summed E-state index contributed by atoms with van der Waals surface area (Å²) in [4.78, 5) is 12.6. The van der Waals surface area contributed by atoms with Crippen molar-refractivity contribution in [1.82, 2.24) is 9.62 Å². The smallest absolute Gasteiger partial charge is 0.243 e. The maximum Gasteiger partial charge on any atom is 0.243 e. The Hall–Kier alpha value is -2.78. The van der Waals surface area contributed by atoms with Crippen molar-refractivity contribution in [3.63, 3.8) is 0 Å². The van der Waals surface area contributed by atoms with E-state index in [0.29, 0.717) is 37.7 Å². The van der Waals surface area contributed by atoms with Crippen LogP contribution < -0.4 is 19.5 Å². The zero-order chi connectivity index (χ0) is 20.4. The van der Waals surface area contributed by atoms with Gasteiger partial charge in [-0.3, -0.25) is 4.79 Å². The number of carbonyl (C=O) groups is 1. The highest BCUT2D eigenvalue weighted by Crippen LogP contribution is 2.33. The van der Waals surface area contributed by atoms with Crippen LogP contribution in [0.4, 0.5) is 0 Å². The molecule has 2 aromatic rings. The van der Waals surface area contributed by atoms with E-state index in [1.807, 2.05) is 24.3 Å². The Labute approximate surface area is 169 Å². The zero-order valence-corrected chi connectivity index (χ0v) is 16.8. The molecule has 0 bridgehead atoms. The van der Waals surface area contributed by atoms with Gasteiger partial charge in [0.15, 0.2) is 11.5 Å². The third-order valence-corrected chi connectivity index (χ3v) is 6.68. The number of carbonyl (C=O) groups excluding carboxylic acids is 1. The normalized spacial score (nSPS) is 17.9. The van der Waals surface area contributed by atoms with Gasteiger partial charge in [-0.15, -0.1) is 0 Å². The van der Waals surface area contributed by atoms with Crippen LogP contribution in [0.3, 0.4) is 0 Å². The first-order valence-corrected chi connectivity index (χ1v) is 10.8. The molecule has 154 valence electrons. The lowest BCUT2D eigenvalue weighted by atomic mass is 10.0. The molecule has 0 unspecified atom stereocenters.